The van der Waals surface area contributed by atoms with Gasteiger partial charge in [0.15, 0.2) is 0 Å². The number of benzene rings is 1. The Morgan fingerprint density at radius 3 is 2.65 bits per heavy atom. The number of hydrogen-bond acceptors (Lipinski definition) is 5. The van der Waals surface area contributed by atoms with E-state index in [-0.39, 0.29) is 4.90 Å². The topological polar surface area (TPSA) is 76.3 Å². The molecule has 20 heavy (non-hydrogen) atoms. The van der Waals surface area contributed by atoms with E-state index in [0.29, 0.717) is 17.8 Å². The lowest BCUT2D eigenvalue weighted by atomic mass is 10.2. The molecule has 0 fully saturated rings. The summed E-state index contributed by atoms with van der Waals surface area (Å²) in [6.45, 7) is 3.95. The van der Waals surface area contributed by atoms with E-state index in [1.54, 1.807) is 31.6 Å². The highest BCUT2D eigenvalue weighted by atomic mass is 32.2. The van der Waals surface area contributed by atoms with Crippen molar-refractivity contribution < 1.29 is 8.42 Å². The Morgan fingerprint density at radius 1 is 1.35 bits per heavy atom. The molecule has 0 radical (unpaired) electrons. The van der Waals surface area contributed by atoms with Crippen molar-refractivity contribution in [3.8, 4) is 0 Å². The molecule has 0 atom stereocenters. The maximum Gasteiger partial charge on any atom is 0.243 e. The molecule has 0 unspecified atom stereocenters. The van der Waals surface area contributed by atoms with Crippen LogP contribution in [0.1, 0.15) is 16.1 Å². The van der Waals surface area contributed by atoms with Crippen molar-refractivity contribution in [1.29, 1.82) is 0 Å². The second-order valence-electron chi connectivity index (χ2n) is 4.65. The van der Waals surface area contributed by atoms with Crippen LogP contribution in [0.2, 0.25) is 0 Å². The summed E-state index contributed by atoms with van der Waals surface area (Å²) in [5.41, 5.74) is 9.40. The highest BCUT2D eigenvalue weighted by molar-refractivity contribution is 7.89. The van der Waals surface area contributed by atoms with Gasteiger partial charge in [-0.2, -0.15) is 4.31 Å². The first-order valence-corrected chi connectivity index (χ1v) is 8.36. The molecule has 0 aliphatic heterocycles. The summed E-state index contributed by atoms with van der Waals surface area (Å²) in [5, 5.41) is 0. The molecule has 2 N–H and O–H groups in total. The van der Waals surface area contributed by atoms with Crippen LogP contribution in [0.15, 0.2) is 28.6 Å². The standard InChI is InChI=1S/C13H17N3O2S2/c1-9-4-5-11(14)6-13(9)20(17,18)16(3)7-12-10(2)15-8-19-12/h4-6,8H,7,14H2,1-3H3. The molecule has 1 aromatic heterocycles. The van der Waals surface area contributed by atoms with Crippen molar-refractivity contribution >= 4 is 27.0 Å². The second kappa shape index (κ2) is 5.51. The normalized spacial score (nSPS) is 12.0. The van der Waals surface area contributed by atoms with Crippen molar-refractivity contribution in [3.05, 3.63) is 39.8 Å². The van der Waals surface area contributed by atoms with Crippen LogP contribution in [0.4, 0.5) is 5.69 Å². The van der Waals surface area contributed by atoms with E-state index in [1.807, 2.05) is 6.92 Å². The molecule has 7 heteroatoms. The predicted molar refractivity (Wildman–Crippen MR) is 81.1 cm³/mol. The van der Waals surface area contributed by atoms with Gasteiger partial charge in [0.1, 0.15) is 0 Å². The van der Waals surface area contributed by atoms with Crippen LogP contribution in [-0.2, 0) is 16.6 Å². The third-order valence-electron chi connectivity index (χ3n) is 3.11. The van der Waals surface area contributed by atoms with Crippen LogP contribution >= 0.6 is 11.3 Å². The van der Waals surface area contributed by atoms with Gasteiger partial charge in [-0.15, -0.1) is 11.3 Å². The Labute approximate surface area is 123 Å². The monoisotopic (exact) mass is 311 g/mol. The van der Waals surface area contributed by atoms with Crippen molar-refractivity contribution in [2.45, 2.75) is 25.3 Å². The number of thiazole rings is 1. The number of anilines is 1. The van der Waals surface area contributed by atoms with Gasteiger partial charge < -0.3 is 5.73 Å². The summed E-state index contributed by atoms with van der Waals surface area (Å²) >= 11 is 1.45. The summed E-state index contributed by atoms with van der Waals surface area (Å²) in [7, 11) is -1.99. The number of rotatable bonds is 4. The predicted octanol–water partition coefficient (Wildman–Crippen LogP) is 2.16. The lowest BCUT2D eigenvalue weighted by molar-refractivity contribution is 0.468. The first kappa shape index (κ1) is 15.0. The minimum absolute atomic E-state index is 0.252. The number of hydrogen-bond donors (Lipinski definition) is 1. The molecule has 0 amide bonds. The molecule has 5 nitrogen and oxygen atoms in total. The zero-order valence-electron chi connectivity index (χ0n) is 11.6. The summed E-state index contributed by atoms with van der Waals surface area (Å²) in [6, 6.07) is 4.91. The fourth-order valence-electron chi connectivity index (χ4n) is 1.83. The van der Waals surface area contributed by atoms with Gasteiger partial charge in [0.25, 0.3) is 0 Å². The summed E-state index contributed by atoms with van der Waals surface area (Å²) < 4.78 is 26.5. The average Bonchev–Trinajstić information content (AvgIpc) is 2.78. The summed E-state index contributed by atoms with van der Waals surface area (Å²) in [4.78, 5) is 5.33. The lowest BCUT2D eigenvalue weighted by Crippen LogP contribution is -2.27. The number of aryl methyl sites for hydroxylation is 2. The molecule has 0 spiro atoms. The molecule has 0 saturated carbocycles. The lowest BCUT2D eigenvalue weighted by Gasteiger charge is -2.18. The molecule has 0 aliphatic carbocycles. The van der Waals surface area contributed by atoms with E-state index in [4.69, 9.17) is 5.73 Å². The average molecular weight is 311 g/mol. The molecular formula is C13H17N3O2S2. The van der Waals surface area contributed by atoms with Crippen LogP contribution in [0.3, 0.4) is 0 Å². The van der Waals surface area contributed by atoms with Gasteiger partial charge in [-0.1, -0.05) is 6.07 Å². The van der Waals surface area contributed by atoms with E-state index in [1.165, 1.54) is 21.7 Å². The van der Waals surface area contributed by atoms with Crippen LogP contribution in [0.25, 0.3) is 0 Å². The zero-order valence-corrected chi connectivity index (χ0v) is 13.3. The molecule has 0 aliphatic rings. The van der Waals surface area contributed by atoms with Crippen LogP contribution in [0.5, 0.6) is 0 Å². The Morgan fingerprint density at radius 2 is 2.05 bits per heavy atom. The van der Waals surface area contributed by atoms with Crippen LogP contribution < -0.4 is 5.73 Å². The minimum Gasteiger partial charge on any atom is -0.399 e. The maximum absolute atomic E-state index is 12.6. The maximum atomic E-state index is 12.6. The van der Waals surface area contributed by atoms with E-state index in [0.717, 1.165) is 10.6 Å². The third-order valence-corrected chi connectivity index (χ3v) is 5.98. The summed E-state index contributed by atoms with van der Waals surface area (Å²) in [5.74, 6) is 0. The number of nitrogens with two attached hydrogens (primary N) is 1. The molecule has 1 aromatic carbocycles. The van der Waals surface area contributed by atoms with Gasteiger partial charge in [0.05, 0.1) is 16.1 Å². The second-order valence-corrected chi connectivity index (χ2v) is 7.60. The van der Waals surface area contributed by atoms with Crippen molar-refractivity contribution in [2.24, 2.45) is 0 Å². The van der Waals surface area contributed by atoms with Gasteiger partial charge >= 0.3 is 0 Å². The van der Waals surface area contributed by atoms with E-state index in [9.17, 15) is 8.42 Å². The van der Waals surface area contributed by atoms with Crippen LogP contribution in [-0.4, -0.2) is 24.8 Å². The Kier molecular flexibility index (Phi) is 4.12. The fourth-order valence-corrected chi connectivity index (χ4v) is 4.13. The first-order valence-electron chi connectivity index (χ1n) is 6.04. The molecule has 108 valence electrons. The van der Waals surface area contributed by atoms with Gasteiger partial charge in [-0.05, 0) is 31.5 Å². The molecule has 2 rings (SSSR count). The molecule has 0 saturated heterocycles. The van der Waals surface area contributed by atoms with Crippen molar-refractivity contribution in [3.63, 3.8) is 0 Å². The van der Waals surface area contributed by atoms with E-state index < -0.39 is 10.0 Å². The van der Waals surface area contributed by atoms with Crippen molar-refractivity contribution in [1.82, 2.24) is 9.29 Å². The molecular weight excluding hydrogens is 294 g/mol. The largest absolute Gasteiger partial charge is 0.399 e. The third kappa shape index (κ3) is 2.84. The van der Waals surface area contributed by atoms with Gasteiger partial charge in [0, 0.05) is 24.2 Å². The van der Waals surface area contributed by atoms with Gasteiger partial charge in [-0.25, -0.2) is 13.4 Å². The Bertz CT molecular complexity index is 723. The van der Waals surface area contributed by atoms with Gasteiger partial charge in [0.2, 0.25) is 10.0 Å². The number of nitrogen functional groups attached to an aromatic ring is 1. The smallest absolute Gasteiger partial charge is 0.243 e. The van der Waals surface area contributed by atoms with E-state index >= 15 is 0 Å². The first-order chi connectivity index (χ1) is 9.32. The minimum atomic E-state index is -3.55. The van der Waals surface area contributed by atoms with Crippen LogP contribution in [0, 0.1) is 13.8 Å². The highest BCUT2D eigenvalue weighted by Gasteiger charge is 2.24. The summed E-state index contributed by atoms with van der Waals surface area (Å²) in [6.07, 6.45) is 0. The highest BCUT2D eigenvalue weighted by Crippen LogP contribution is 2.24. The van der Waals surface area contributed by atoms with Crippen molar-refractivity contribution in [2.75, 3.05) is 12.8 Å². The van der Waals surface area contributed by atoms with E-state index in [2.05, 4.69) is 4.98 Å². The SMILES string of the molecule is Cc1ccc(N)cc1S(=O)(=O)N(C)Cc1scnc1C. The number of aromatic nitrogens is 1. The number of sulfonamides is 1. The Balaban J connectivity index is 2.35. The van der Waals surface area contributed by atoms with Gasteiger partial charge in [-0.3, -0.25) is 0 Å². The zero-order chi connectivity index (χ0) is 14.9. The fraction of sp³-hybridized carbons (Fsp3) is 0.308. The molecule has 1 heterocycles. The quantitative estimate of drug-likeness (QED) is 0.878. The molecule has 0 bridgehead atoms. The Hall–Kier alpha value is -1.44. The molecule has 2 aromatic rings. The number of nitrogens with zero attached hydrogens (tertiary/aromatic N) is 2.